The van der Waals surface area contributed by atoms with Crippen molar-refractivity contribution in [1.82, 2.24) is 15.3 Å². The van der Waals surface area contributed by atoms with Gasteiger partial charge in [0.1, 0.15) is 5.76 Å². The van der Waals surface area contributed by atoms with Gasteiger partial charge in [-0.15, -0.1) is 0 Å². The molecule has 1 aliphatic rings. The molecule has 0 bridgehead atoms. The molecule has 3 aromatic rings. The predicted molar refractivity (Wildman–Crippen MR) is 120 cm³/mol. The van der Waals surface area contributed by atoms with Crippen LogP contribution in [0.4, 0.5) is 0 Å². The second-order valence-corrected chi connectivity index (χ2v) is 8.30. The van der Waals surface area contributed by atoms with Crippen LogP contribution in [0.3, 0.4) is 0 Å². The number of benzene rings is 2. The fourth-order valence-electron chi connectivity index (χ4n) is 4.41. The molecule has 2 unspecified atom stereocenters. The summed E-state index contributed by atoms with van der Waals surface area (Å²) in [5.74, 6) is 0.294. The maximum absolute atomic E-state index is 13.2. The Bertz CT molecular complexity index is 1050. The van der Waals surface area contributed by atoms with Gasteiger partial charge < -0.3 is 9.32 Å². The number of nitrogens with one attached hydrogen (secondary N) is 1. The van der Waals surface area contributed by atoms with Crippen molar-refractivity contribution in [3.05, 3.63) is 83.6 Å². The highest BCUT2D eigenvalue weighted by Crippen LogP contribution is 2.24. The number of amides is 2. The molecule has 2 amide bonds. The third kappa shape index (κ3) is 4.59. The highest BCUT2D eigenvalue weighted by atomic mass is 16.5. The van der Waals surface area contributed by atoms with E-state index in [1.165, 1.54) is 0 Å². The van der Waals surface area contributed by atoms with Crippen LogP contribution in [0.5, 0.6) is 0 Å². The van der Waals surface area contributed by atoms with E-state index in [1.54, 1.807) is 23.9 Å². The van der Waals surface area contributed by atoms with E-state index in [-0.39, 0.29) is 18.0 Å². The number of rotatable bonds is 5. The SMILES string of the molecule is CC1CN(Cc2ccc(C(=O)NO)cc2)CC(C)N1C(=O)c1ccc(-c2ccco2)cc1. The van der Waals surface area contributed by atoms with Crippen molar-refractivity contribution in [2.75, 3.05) is 13.1 Å². The molecule has 0 saturated carbocycles. The van der Waals surface area contributed by atoms with Crippen LogP contribution in [-0.4, -0.2) is 52.0 Å². The maximum Gasteiger partial charge on any atom is 0.274 e. The van der Waals surface area contributed by atoms with Crippen molar-refractivity contribution < 1.29 is 19.2 Å². The Labute approximate surface area is 187 Å². The first kappa shape index (κ1) is 21.8. The standard InChI is InChI=1S/C25H27N3O4/c1-17-14-27(16-19-5-7-21(8-6-19)24(29)26-31)15-18(2)28(17)25(30)22-11-9-20(10-12-22)23-4-3-13-32-23/h3-13,17-18,31H,14-16H2,1-2H3,(H,26,29). The molecule has 2 atom stereocenters. The summed E-state index contributed by atoms with van der Waals surface area (Å²) in [5, 5.41) is 8.74. The maximum atomic E-state index is 13.2. The van der Waals surface area contributed by atoms with E-state index in [9.17, 15) is 9.59 Å². The minimum absolute atomic E-state index is 0.0370. The molecule has 2 heterocycles. The van der Waals surface area contributed by atoms with Crippen LogP contribution in [0.15, 0.2) is 71.3 Å². The van der Waals surface area contributed by atoms with Crippen LogP contribution in [0.25, 0.3) is 11.3 Å². The van der Waals surface area contributed by atoms with Crippen molar-refractivity contribution in [3.8, 4) is 11.3 Å². The number of piperazine rings is 1. The van der Waals surface area contributed by atoms with Crippen molar-refractivity contribution in [1.29, 1.82) is 0 Å². The normalized spacial score (nSPS) is 19.0. The van der Waals surface area contributed by atoms with Gasteiger partial charge in [0.15, 0.2) is 0 Å². The number of furan rings is 1. The van der Waals surface area contributed by atoms with Gasteiger partial charge >= 0.3 is 0 Å². The zero-order valence-electron chi connectivity index (χ0n) is 18.2. The molecule has 7 heteroatoms. The van der Waals surface area contributed by atoms with Crippen molar-refractivity contribution >= 4 is 11.8 Å². The first-order valence-electron chi connectivity index (χ1n) is 10.7. The summed E-state index contributed by atoms with van der Waals surface area (Å²) in [6.07, 6.45) is 1.64. The highest BCUT2D eigenvalue weighted by molar-refractivity contribution is 5.95. The van der Waals surface area contributed by atoms with Gasteiger partial charge in [-0.25, -0.2) is 5.48 Å². The van der Waals surface area contributed by atoms with Gasteiger partial charge in [0.25, 0.3) is 11.8 Å². The lowest BCUT2D eigenvalue weighted by Crippen LogP contribution is -2.58. The molecular formula is C25H27N3O4. The molecule has 1 fully saturated rings. The average molecular weight is 434 g/mol. The van der Waals surface area contributed by atoms with Gasteiger partial charge in [-0.3, -0.25) is 19.7 Å². The third-order valence-corrected chi connectivity index (χ3v) is 5.89. The van der Waals surface area contributed by atoms with Crippen LogP contribution >= 0.6 is 0 Å². The van der Waals surface area contributed by atoms with E-state index in [4.69, 9.17) is 9.62 Å². The summed E-state index contributed by atoms with van der Waals surface area (Å²) in [7, 11) is 0. The number of hydrogen-bond donors (Lipinski definition) is 2. The van der Waals surface area contributed by atoms with Gasteiger partial charge in [0.05, 0.1) is 6.26 Å². The first-order chi connectivity index (χ1) is 15.5. The van der Waals surface area contributed by atoms with E-state index < -0.39 is 5.91 Å². The Morgan fingerprint density at radius 1 is 0.969 bits per heavy atom. The minimum atomic E-state index is -0.525. The smallest absolute Gasteiger partial charge is 0.274 e. The largest absolute Gasteiger partial charge is 0.464 e. The molecule has 2 N–H and O–H groups in total. The fourth-order valence-corrected chi connectivity index (χ4v) is 4.41. The van der Waals surface area contributed by atoms with Crippen LogP contribution in [0.1, 0.15) is 40.1 Å². The Balaban J connectivity index is 1.40. The van der Waals surface area contributed by atoms with E-state index >= 15 is 0 Å². The predicted octanol–water partition coefficient (Wildman–Crippen LogP) is 3.80. The summed E-state index contributed by atoms with van der Waals surface area (Å²) in [5.41, 5.74) is 4.74. The number of nitrogens with zero attached hydrogens (tertiary/aromatic N) is 2. The molecule has 1 aromatic heterocycles. The van der Waals surface area contributed by atoms with Gasteiger partial charge in [-0.05, 0) is 55.8 Å². The van der Waals surface area contributed by atoms with Crippen LogP contribution in [0, 0.1) is 0 Å². The summed E-state index contributed by atoms with van der Waals surface area (Å²) in [4.78, 5) is 29.0. The lowest BCUT2D eigenvalue weighted by Gasteiger charge is -2.44. The van der Waals surface area contributed by atoms with Gasteiger partial charge in [-0.2, -0.15) is 0 Å². The van der Waals surface area contributed by atoms with Crippen LogP contribution < -0.4 is 5.48 Å². The van der Waals surface area contributed by atoms with E-state index in [2.05, 4.69) is 18.7 Å². The second kappa shape index (κ2) is 9.38. The van der Waals surface area contributed by atoms with E-state index in [0.29, 0.717) is 11.1 Å². The van der Waals surface area contributed by atoms with E-state index in [0.717, 1.165) is 36.5 Å². The van der Waals surface area contributed by atoms with Gasteiger partial charge in [0, 0.05) is 48.4 Å². The van der Waals surface area contributed by atoms with Crippen LogP contribution in [0.2, 0.25) is 0 Å². The molecule has 166 valence electrons. The molecule has 2 aromatic carbocycles. The molecule has 32 heavy (non-hydrogen) atoms. The molecule has 0 radical (unpaired) electrons. The third-order valence-electron chi connectivity index (χ3n) is 5.89. The molecule has 1 saturated heterocycles. The Hall–Kier alpha value is -3.42. The average Bonchev–Trinajstić information content (AvgIpc) is 3.34. The molecular weight excluding hydrogens is 406 g/mol. The molecule has 7 nitrogen and oxygen atoms in total. The summed E-state index contributed by atoms with van der Waals surface area (Å²) in [6.45, 7) is 6.41. The first-order valence-corrected chi connectivity index (χ1v) is 10.7. The van der Waals surface area contributed by atoms with Gasteiger partial charge in [0.2, 0.25) is 0 Å². The summed E-state index contributed by atoms with van der Waals surface area (Å²) < 4.78 is 5.42. The topological polar surface area (TPSA) is 86.0 Å². The molecule has 0 spiro atoms. The molecule has 1 aliphatic heterocycles. The second-order valence-electron chi connectivity index (χ2n) is 8.30. The van der Waals surface area contributed by atoms with Crippen molar-refractivity contribution in [2.45, 2.75) is 32.5 Å². The number of carbonyl (C=O) groups is 2. The number of hydroxylamine groups is 1. The minimum Gasteiger partial charge on any atom is -0.464 e. The lowest BCUT2D eigenvalue weighted by molar-refractivity contribution is 0.0268. The zero-order chi connectivity index (χ0) is 22.7. The van der Waals surface area contributed by atoms with E-state index in [1.807, 2.05) is 53.4 Å². The number of hydrogen-bond acceptors (Lipinski definition) is 5. The summed E-state index contributed by atoms with van der Waals surface area (Å²) in [6, 6.07) is 18.6. The Kier molecular flexibility index (Phi) is 6.39. The molecule has 0 aliphatic carbocycles. The monoisotopic (exact) mass is 433 g/mol. The zero-order valence-corrected chi connectivity index (χ0v) is 18.2. The Morgan fingerprint density at radius 3 is 2.16 bits per heavy atom. The summed E-state index contributed by atoms with van der Waals surface area (Å²) >= 11 is 0. The van der Waals surface area contributed by atoms with Gasteiger partial charge in [-0.1, -0.05) is 24.3 Å². The fraction of sp³-hybridized carbons (Fsp3) is 0.280. The lowest BCUT2D eigenvalue weighted by atomic mass is 10.0. The molecule has 4 rings (SSSR count). The Morgan fingerprint density at radius 2 is 1.59 bits per heavy atom. The quantitative estimate of drug-likeness (QED) is 0.472. The van der Waals surface area contributed by atoms with Crippen molar-refractivity contribution in [2.24, 2.45) is 0 Å². The number of carbonyl (C=O) groups excluding carboxylic acids is 2. The van der Waals surface area contributed by atoms with Crippen LogP contribution in [-0.2, 0) is 6.54 Å². The highest BCUT2D eigenvalue weighted by Gasteiger charge is 2.33. The van der Waals surface area contributed by atoms with Crippen molar-refractivity contribution in [3.63, 3.8) is 0 Å².